The summed E-state index contributed by atoms with van der Waals surface area (Å²) in [6.07, 6.45) is 11.8. The lowest BCUT2D eigenvalue weighted by atomic mass is 9.74. The number of aliphatic hydroxyl groups is 1. The van der Waals surface area contributed by atoms with Gasteiger partial charge in [0.2, 0.25) is 0 Å². The van der Waals surface area contributed by atoms with Crippen LogP contribution in [0.5, 0.6) is 0 Å². The van der Waals surface area contributed by atoms with E-state index in [1.54, 1.807) is 0 Å². The minimum absolute atomic E-state index is 0.0296. The van der Waals surface area contributed by atoms with Crippen molar-refractivity contribution in [2.75, 3.05) is 20.7 Å². The zero-order valence-electron chi connectivity index (χ0n) is 13.2. The highest BCUT2D eigenvalue weighted by Gasteiger charge is 2.49. The zero-order chi connectivity index (χ0) is 14.2. The van der Waals surface area contributed by atoms with Gasteiger partial charge in [-0.05, 0) is 58.5 Å². The van der Waals surface area contributed by atoms with E-state index in [1.807, 2.05) is 0 Å². The van der Waals surface area contributed by atoms with Gasteiger partial charge in [0.25, 0.3) is 0 Å². The number of rotatable bonds is 3. The van der Waals surface area contributed by atoms with Crippen molar-refractivity contribution in [3.63, 3.8) is 0 Å². The van der Waals surface area contributed by atoms with E-state index in [9.17, 15) is 5.11 Å². The van der Waals surface area contributed by atoms with Crippen molar-refractivity contribution < 1.29 is 9.84 Å². The summed E-state index contributed by atoms with van der Waals surface area (Å²) in [7, 11) is 4.30. The average Bonchev–Trinajstić information content (AvgIpc) is 3.08. The Kier molecular flexibility index (Phi) is 4.13. The Balaban J connectivity index is 1.74. The Hall–Kier alpha value is -0.120. The van der Waals surface area contributed by atoms with Crippen molar-refractivity contribution >= 4 is 0 Å². The number of hydrogen-bond donors (Lipinski definition) is 1. The van der Waals surface area contributed by atoms with E-state index in [2.05, 4.69) is 19.0 Å². The minimum atomic E-state index is -0.179. The van der Waals surface area contributed by atoms with Crippen molar-refractivity contribution in [2.45, 2.75) is 81.5 Å². The summed E-state index contributed by atoms with van der Waals surface area (Å²) >= 11 is 0. The molecule has 3 rings (SSSR count). The van der Waals surface area contributed by atoms with Gasteiger partial charge in [0.05, 0.1) is 11.7 Å². The Morgan fingerprint density at radius 3 is 2.25 bits per heavy atom. The third kappa shape index (κ3) is 2.42. The molecule has 1 aliphatic heterocycles. The van der Waals surface area contributed by atoms with E-state index >= 15 is 0 Å². The van der Waals surface area contributed by atoms with E-state index < -0.39 is 0 Å². The molecule has 2 atom stereocenters. The van der Waals surface area contributed by atoms with Crippen molar-refractivity contribution in [2.24, 2.45) is 5.92 Å². The van der Waals surface area contributed by atoms with E-state index in [0.29, 0.717) is 5.92 Å². The van der Waals surface area contributed by atoms with Crippen LogP contribution in [0.2, 0.25) is 0 Å². The fraction of sp³-hybridized carbons (Fsp3) is 1.00. The summed E-state index contributed by atoms with van der Waals surface area (Å²) in [5, 5.41) is 11.1. The van der Waals surface area contributed by atoms with Gasteiger partial charge in [-0.2, -0.15) is 0 Å². The fourth-order valence-corrected chi connectivity index (χ4v) is 5.14. The monoisotopic (exact) mass is 281 g/mol. The maximum Gasteiger partial charge on any atom is 0.0753 e. The maximum absolute atomic E-state index is 11.1. The van der Waals surface area contributed by atoms with Gasteiger partial charge in [0, 0.05) is 12.1 Å². The fourth-order valence-electron chi connectivity index (χ4n) is 5.14. The van der Waals surface area contributed by atoms with Crippen molar-refractivity contribution in [3.8, 4) is 0 Å². The standard InChI is InChI=1S/C17H31NO2/c1-18(2)17(10-5-6-11-17)15(19)14-7-12-20-16(13-14)8-3-4-9-16/h14-15,19H,3-13H2,1-2H3. The molecular weight excluding hydrogens is 250 g/mol. The first-order valence-electron chi connectivity index (χ1n) is 8.58. The predicted octanol–water partition coefficient (Wildman–Crippen LogP) is 2.96. The van der Waals surface area contributed by atoms with Crippen LogP contribution in [0, 0.1) is 5.92 Å². The van der Waals surface area contributed by atoms with Crippen LogP contribution < -0.4 is 0 Å². The zero-order valence-corrected chi connectivity index (χ0v) is 13.2. The maximum atomic E-state index is 11.1. The molecule has 3 heteroatoms. The second-order valence-corrected chi connectivity index (χ2v) is 7.64. The molecule has 0 amide bonds. The highest BCUT2D eigenvalue weighted by atomic mass is 16.5. The van der Waals surface area contributed by atoms with Gasteiger partial charge in [0.15, 0.2) is 0 Å². The molecule has 3 fully saturated rings. The Bertz CT molecular complexity index is 330. The van der Waals surface area contributed by atoms with E-state index in [1.165, 1.54) is 38.5 Å². The second-order valence-electron chi connectivity index (χ2n) is 7.64. The SMILES string of the molecule is CN(C)C1(C(O)C2CCOC3(CCCC3)C2)CCCC1. The predicted molar refractivity (Wildman–Crippen MR) is 80.8 cm³/mol. The first kappa shape index (κ1) is 14.8. The topological polar surface area (TPSA) is 32.7 Å². The van der Waals surface area contributed by atoms with Gasteiger partial charge in [-0.15, -0.1) is 0 Å². The van der Waals surface area contributed by atoms with Crippen LogP contribution in [0.1, 0.15) is 64.2 Å². The average molecular weight is 281 g/mol. The molecule has 3 aliphatic rings. The molecular formula is C17H31NO2. The smallest absolute Gasteiger partial charge is 0.0753 e. The molecule has 0 aromatic heterocycles. The summed E-state index contributed by atoms with van der Waals surface area (Å²) in [5.74, 6) is 0.433. The van der Waals surface area contributed by atoms with Crippen molar-refractivity contribution in [3.05, 3.63) is 0 Å². The van der Waals surface area contributed by atoms with Crippen LogP contribution >= 0.6 is 0 Å². The third-order valence-corrected chi connectivity index (χ3v) is 6.40. The largest absolute Gasteiger partial charge is 0.391 e. The van der Waals surface area contributed by atoms with Crippen LogP contribution in [-0.4, -0.2) is 48.0 Å². The molecule has 2 saturated carbocycles. The first-order chi connectivity index (χ1) is 9.58. The molecule has 1 N–H and O–H groups in total. The van der Waals surface area contributed by atoms with Crippen LogP contribution in [0.15, 0.2) is 0 Å². The molecule has 1 spiro atoms. The minimum Gasteiger partial charge on any atom is -0.391 e. The van der Waals surface area contributed by atoms with Crippen LogP contribution in [0.25, 0.3) is 0 Å². The molecule has 1 saturated heterocycles. The van der Waals surface area contributed by atoms with E-state index in [-0.39, 0.29) is 17.2 Å². The third-order valence-electron chi connectivity index (χ3n) is 6.40. The molecule has 116 valence electrons. The van der Waals surface area contributed by atoms with Crippen molar-refractivity contribution in [1.29, 1.82) is 0 Å². The molecule has 20 heavy (non-hydrogen) atoms. The van der Waals surface area contributed by atoms with Gasteiger partial charge in [-0.25, -0.2) is 0 Å². The highest BCUT2D eigenvalue weighted by molar-refractivity contribution is 5.03. The number of nitrogens with zero attached hydrogens (tertiary/aromatic N) is 1. The number of likely N-dealkylation sites (N-methyl/N-ethyl adjacent to an activating group) is 1. The molecule has 2 unspecified atom stereocenters. The highest BCUT2D eigenvalue weighted by Crippen LogP contribution is 2.47. The van der Waals surface area contributed by atoms with Crippen LogP contribution in [-0.2, 0) is 4.74 Å². The lowest BCUT2D eigenvalue weighted by Gasteiger charge is -2.48. The number of aliphatic hydroxyl groups excluding tert-OH is 1. The summed E-state index contributed by atoms with van der Waals surface area (Å²) in [6, 6.07) is 0. The molecule has 0 bridgehead atoms. The second kappa shape index (κ2) is 5.58. The van der Waals surface area contributed by atoms with Gasteiger partial charge >= 0.3 is 0 Å². The molecule has 0 aromatic carbocycles. The van der Waals surface area contributed by atoms with Crippen molar-refractivity contribution in [1.82, 2.24) is 4.90 Å². The molecule has 0 aromatic rings. The number of hydrogen-bond acceptors (Lipinski definition) is 3. The molecule has 2 aliphatic carbocycles. The van der Waals surface area contributed by atoms with Gasteiger partial charge in [0.1, 0.15) is 0 Å². The van der Waals surface area contributed by atoms with E-state index in [4.69, 9.17) is 4.74 Å². The Morgan fingerprint density at radius 1 is 1.05 bits per heavy atom. The van der Waals surface area contributed by atoms with Gasteiger partial charge in [-0.1, -0.05) is 25.7 Å². The van der Waals surface area contributed by atoms with Crippen LogP contribution in [0.4, 0.5) is 0 Å². The lowest BCUT2D eigenvalue weighted by Crippen LogP contribution is -2.56. The number of ether oxygens (including phenoxy) is 1. The summed E-state index contributed by atoms with van der Waals surface area (Å²) < 4.78 is 6.14. The first-order valence-corrected chi connectivity index (χ1v) is 8.58. The molecule has 3 nitrogen and oxygen atoms in total. The summed E-state index contributed by atoms with van der Waals surface area (Å²) in [6.45, 7) is 0.852. The summed E-state index contributed by atoms with van der Waals surface area (Å²) in [5.41, 5.74) is 0.151. The molecule has 1 heterocycles. The molecule has 0 radical (unpaired) electrons. The van der Waals surface area contributed by atoms with Gasteiger partial charge < -0.3 is 14.7 Å². The van der Waals surface area contributed by atoms with Gasteiger partial charge in [-0.3, -0.25) is 0 Å². The Labute approximate surface area is 123 Å². The normalized spacial score (nSPS) is 33.9. The summed E-state index contributed by atoms with van der Waals surface area (Å²) in [4.78, 5) is 2.31. The quantitative estimate of drug-likeness (QED) is 0.863. The van der Waals surface area contributed by atoms with E-state index in [0.717, 1.165) is 32.3 Å². The van der Waals surface area contributed by atoms with Crippen LogP contribution in [0.3, 0.4) is 0 Å². The lowest BCUT2D eigenvalue weighted by molar-refractivity contribution is -0.134. The Morgan fingerprint density at radius 2 is 1.65 bits per heavy atom.